The monoisotopic (exact) mass is 261 g/mol. The number of ether oxygens (including phenoxy) is 1. The van der Waals surface area contributed by atoms with E-state index in [0.717, 1.165) is 26.3 Å². The van der Waals surface area contributed by atoms with Crippen molar-refractivity contribution in [1.29, 1.82) is 0 Å². The van der Waals surface area contributed by atoms with E-state index in [4.69, 9.17) is 4.74 Å². The molecule has 106 valence electrons. The van der Waals surface area contributed by atoms with Crippen molar-refractivity contribution in [2.45, 2.75) is 39.0 Å². The van der Waals surface area contributed by atoms with Gasteiger partial charge in [0.1, 0.15) is 0 Å². The van der Waals surface area contributed by atoms with Crippen molar-refractivity contribution in [3.05, 3.63) is 35.4 Å². The average molecular weight is 261 g/mol. The van der Waals surface area contributed by atoms with E-state index < -0.39 is 0 Å². The van der Waals surface area contributed by atoms with Crippen LogP contribution in [0.4, 0.5) is 0 Å². The fourth-order valence-corrected chi connectivity index (χ4v) is 2.50. The Morgan fingerprint density at radius 3 is 2.26 bits per heavy atom. The summed E-state index contributed by atoms with van der Waals surface area (Å²) in [6.07, 6.45) is 2.43. The van der Waals surface area contributed by atoms with Crippen LogP contribution in [0.1, 0.15) is 38.3 Å². The molecule has 0 aliphatic carbocycles. The first-order valence-corrected chi connectivity index (χ1v) is 7.45. The van der Waals surface area contributed by atoms with Gasteiger partial charge in [0.05, 0.1) is 13.2 Å². The minimum Gasteiger partial charge on any atom is -0.379 e. The molecule has 2 rings (SSSR count). The highest BCUT2D eigenvalue weighted by Gasteiger charge is 2.13. The van der Waals surface area contributed by atoms with Gasteiger partial charge in [-0.2, -0.15) is 0 Å². The topological polar surface area (TPSA) is 12.5 Å². The largest absolute Gasteiger partial charge is 0.379 e. The van der Waals surface area contributed by atoms with Gasteiger partial charge in [-0.15, -0.1) is 0 Å². The van der Waals surface area contributed by atoms with E-state index in [1.54, 1.807) is 0 Å². The van der Waals surface area contributed by atoms with Gasteiger partial charge in [0.2, 0.25) is 0 Å². The first kappa shape index (κ1) is 14.5. The van der Waals surface area contributed by atoms with E-state index in [2.05, 4.69) is 49.9 Å². The van der Waals surface area contributed by atoms with Crippen molar-refractivity contribution in [1.82, 2.24) is 4.90 Å². The van der Waals surface area contributed by atoms with Crippen LogP contribution in [0.15, 0.2) is 24.3 Å². The number of benzene rings is 1. The van der Waals surface area contributed by atoms with Gasteiger partial charge >= 0.3 is 0 Å². The molecule has 19 heavy (non-hydrogen) atoms. The number of morpholine rings is 1. The van der Waals surface area contributed by atoms with Gasteiger partial charge in [0.25, 0.3) is 0 Å². The number of aryl methyl sites for hydroxylation is 1. The lowest BCUT2D eigenvalue weighted by Crippen LogP contribution is -2.36. The summed E-state index contributed by atoms with van der Waals surface area (Å²) in [5, 5.41) is 0. The van der Waals surface area contributed by atoms with Crippen LogP contribution in [0.3, 0.4) is 0 Å². The van der Waals surface area contributed by atoms with E-state index in [9.17, 15) is 0 Å². The molecule has 1 heterocycles. The van der Waals surface area contributed by atoms with E-state index in [1.165, 1.54) is 30.5 Å². The zero-order valence-corrected chi connectivity index (χ0v) is 12.6. The molecule has 1 aliphatic rings. The standard InChI is InChI=1S/C17H27NO/c1-17(2,3)16-8-6-15(7-9-16)5-4-10-18-11-13-19-14-12-18/h6-9H,4-5,10-14H2,1-3H3. The third-order valence-electron chi connectivity index (χ3n) is 3.86. The molecule has 1 fully saturated rings. The predicted molar refractivity (Wildman–Crippen MR) is 80.7 cm³/mol. The molecule has 0 atom stereocenters. The number of hydrogen-bond acceptors (Lipinski definition) is 2. The van der Waals surface area contributed by atoms with Gasteiger partial charge in [-0.3, -0.25) is 4.90 Å². The van der Waals surface area contributed by atoms with E-state index in [0.29, 0.717) is 0 Å². The molecule has 0 bridgehead atoms. The second-order valence-corrected chi connectivity index (χ2v) is 6.50. The second kappa shape index (κ2) is 6.53. The molecule has 0 unspecified atom stereocenters. The van der Waals surface area contributed by atoms with Crippen LogP contribution in [0.25, 0.3) is 0 Å². The number of hydrogen-bond donors (Lipinski definition) is 0. The fourth-order valence-electron chi connectivity index (χ4n) is 2.50. The zero-order chi connectivity index (χ0) is 13.7. The summed E-state index contributed by atoms with van der Waals surface area (Å²) in [5.41, 5.74) is 3.14. The predicted octanol–water partition coefficient (Wildman–Crippen LogP) is 3.25. The maximum Gasteiger partial charge on any atom is 0.0594 e. The van der Waals surface area contributed by atoms with Gasteiger partial charge in [0.15, 0.2) is 0 Å². The maximum absolute atomic E-state index is 5.37. The Balaban J connectivity index is 1.76. The van der Waals surface area contributed by atoms with Gasteiger partial charge in [-0.05, 0) is 35.9 Å². The summed E-state index contributed by atoms with van der Waals surface area (Å²) in [5.74, 6) is 0. The molecule has 1 aromatic carbocycles. The molecule has 0 radical (unpaired) electrons. The molecule has 1 aromatic rings. The molecule has 1 aliphatic heterocycles. The van der Waals surface area contributed by atoms with Gasteiger partial charge in [-0.1, -0.05) is 45.0 Å². The molecular weight excluding hydrogens is 234 g/mol. The number of rotatable bonds is 4. The third-order valence-corrected chi connectivity index (χ3v) is 3.86. The first-order valence-electron chi connectivity index (χ1n) is 7.45. The Labute approximate surface area is 117 Å². The Hall–Kier alpha value is -0.860. The zero-order valence-electron chi connectivity index (χ0n) is 12.6. The van der Waals surface area contributed by atoms with E-state index in [-0.39, 0.29) is 5.41 Å². The Morgan fingerprint density at radius 1 is 1.05 bits per heavy atom. The van der Waals surface area contributed by atoms with Crippen molar-refractivity contribution in [3.8, 4) is 0 Å². The first-order chi connectivity index (χ1) is 9.05. The highest BCUT2D eigenvalue weighted by molar-refractivity contribution is 5.27. The van der Waals surface area contributed by atoms with Crippen LogP contribution in [0.5, 0.6) is 0 Å². The van der Waals surface area contributed by atoms with Gasteiger partial charge in [-0.25, -0.2) is 0 Å². The Bertz CT molecular complexity index is 371. The molecule has 0 aromatic heterocycles. The van der Waals surface area contributed by atoms with Crippen LogP contribution < -0.4 is 0 Å². The minimum absolute atomic E-state index is 0.256. The minimum atomic E-state index is 0.256. The fraction of sp³-hybridized carbons (Fsp3) is 0.647. The van der Waals surface area contributed by atoms with Gasteiger partial charge < -0.3 is 4.74 Å². The highest BCUT2D eigenvalue weighted by Crippen LogP contribution is 2.22. The Morgan fingerprint density at radius 2 is 1.68 bits per heavy atom. The van der Waals surface area contributed by atoms with Crippen molar-refractivity contribution >= 4 is 0 Å². The summed E-state index contributed by atoms with van der Waals surface area (Å²) in [7, 11) is 0. The van der Waals surface area contributed by atoms with Crippen molar-refractivity contribution < 1.29 is 4.74 Å². The number of nitrogens with zero attached hydrogens (tertiary/aromatic N) is 1. The van der Waals surface area contributed by atoms with Crippen LogP contribution in [0.2, 0.25) is 0 Å². The van der Waals surface area contributed by atoms with Crippen molar-refractivity contribution in [3.63, 3.8) is 0 Å². The van der Waals surface area contributed by atoms with Crippen LogP contribution in [0, 0.1) is 0 Å². The smallest absolute Gasteiger partial charge is 0.0594 e. The van der Waals surface area contributed by atoms with Crippen LogP contribution >= 0.6 is 0 Å². The van der Waals surface area contributed by atoms with Crippen molar-refractivity contribution in [2.24, 2.45) is 0 Å². The molecule has 1 saturated heterocycles. The molecule has 2 nitrogen and oxygen atoms in total. The Kier molecular flexibility index (Phi) is 5.00. The lowest BCUT2D eigenvalue weighted by molar-refractivity contribution is 0.0375. The third kappa shape index (κ3) is 4.63. The molecular formula is C17H27NO. The summed E-state index contributed by atoms with van der Waals surface area (Å²) in [4.78, 5) is 2.51. The van der Waals surface area contributed by atoms with E-state index >= 15 is 0 Å². The normalized spacial score (nSPS) is 17.6. The van der Waals surface area contributed by atoms with Crippen LogP contribution in [-0.4, -0.2) is 37.7 Å². The van der Waals surface area contributed by atoms with Crippen molar-refractivity contribution in [2.75, 3.05) is 32.8 Å². The molecule has 0 amide bonds. The summed E-state index contributed by atoms with van der Waals surface area (Å²) < 4.78 is 5.37. The SMILES string of the molecule is CC(C)(C)c1ccc(CCCN2CCOCC2)cc1. The highest BCUT2D eigenvalue weighted by atomic mass is 16.5. The summed E-state index contributed by atoms with van der Waals surface area (Å²) >= 11 is 0. The molecule has 0 saturated carbocycles. The van der Waals surface area contributed by atoms with E-state index in [1.807, 2.05) is 0 Å². The molecule has 2 heteroatoms. The second-order valence-electron chi connectivity index (χ2n) is 6.50. The molecule has 0 N–H and O–H groups in total. The lowest BCUT2D eigenvalue weighted by atomic mass is 9.86. The quantitative estimate of drug-likeness (QED) is 0.825. The molecule has 0 spiro atoms. The summed E-state index contributed by atoms with van der Waals surface area (Å²) in [6, 6.07) is 9.15. The summed E-state index contributed by atoms with van der Waals surface area (Å²) in [6.45, 7) is 12.0. The lowest BCUT2D eigenvalue weighted by Gasteiger charge is -2.26. The maximum atomic E-state index is 5.37. The van der Waals surface area contributed by atoms with Crippen LogP contribution in [-0.2, 0) is 16.6 Å². The van der Waals surface area contributed by atoms with Gasteiger partial charge in [0, 0.05) is 13.1 Å². The average Bonchev–Trinajstić information content (AvgIpc) is 2.39.